The summed E-state index contributed by atoms with van der Waals surface area (Å²) in [6.45, 7) is 4.15. The summed E-state index contributed by atoms with van der Waals surface area (Å²) in [6, 6.07) is 12.0. The fourth-order valence-corrected chi connectivity index (χ4v) is 5.34. The van der Waals surface area contributed by atoms with E-state index in [1.165, 1.54) is 11.3 Å². The fraction of sp³-hybridized carbons (Fsp3) is 0.200. The maximum atomic E-state index is 12.8. The Morgan fingerprint density at radius 3 is 2.67 bits per heavy atom. The average Bonchev–Trinajstić information content (AvgIpc) is 3.31. The second-order valence-electron chi connectivity index (χ2n) is 6.55. The summed E-state index contributed by atoms with van der Waals surface area (Å²) in [5.41, 5.74) is 1.96. The SMILES string of the molecule is C[C@H]([NH2+][C@H](C)c1nc2scc(-c3cccs3)c2c(=O)[nH]1)c1ccccc1Cl. The summed E-state index contributed by atoms with van der Waals surface area (Å²) >= 11 is 9.46. The molecule has 0 spiro atoms. The number of fused-ring (bicyclic) bond motifs is 1. The lowest BCUT2D eigenvalue weighted by Crippen LogP contribution is -2.85. The van der Waals surface area contributed by atoms with Crippen molar-refractivity contribution >= 4 is 44.5 Å². The van der Waals surface area contributed by atoms with E-state index >= 15 is 0 Å². The lowest BCUT2D eigenvalue weighted by Gasteiger charge is -2.17. The number of H-pyrrole nitrogens is 1. The highest BCUT2D eigenvalue weighted by Gasteiger charge is 2.21. The number of hydrogen-bond acceptors (Lipinski definition) is 4. The van der Waals surface area contributed by atoms with E-state index in [0.29, 0.717) is 11.2 Å². The van der Waals surface area contributed by atoms with Crippen molar-refractivity contribution in [1.29, 1.82) is 0 Å². The largest absolute Gasteiger partial charge is 0.332 e. The highest BCUT2D eigenvalue weighted by atomic mass is 35.5. The molecule has 2 atom stereocenters. The van der Waals surface area contributed by atoms with Gasteiger partial charge in [0, 0.05) is 26.4 Å². The summed E-state index contributed by atoms with van der Waals surface area (Å²) in [7, 11) is 0. The van der Waals surface area contributed by atoms with Gasteiger partial charge in [-0.1, -0.05) is 35.9 Å². The van der Waals surface area contributed by atoms with E-state index in [-0.39, 0.29) is 17.6 Å². The minimum Gasteiger partial charge on any atom is -0.332 e. The van der Waals surface area contributed by atoms with E-state index in [1.807, 2.05) is 54.1 Å². The first-order valence-electron chi connectivity index (χ1n) is 8.69. The summed E-state index contributed by atoms with van der Waals surface area (Å²) < 4.78 is 0. The minimum absolute atomic E-state index is 0.000612. The topological polar surface area (TPSA) is 62.4 Å². The van der Waals surface area contributed by atoms with Crippen molar-refractivity contribution in [2.75, 3.05) is 0 Å². The zero-order chi connectivity index (χ0) is 19.0. The zero-order valence-corrected chi connectivity index (χ0v) is 17.3. The van der Waals surface area contributed by atoms with Gasteiger partial charge in [0.05, 0.1) is 5.39 Å². The zero-order valence-electron chi connectivity index (χ0n) is 14.9. The molecule has 3 N–H and O–H groups in total. The van der Waals surface area contributed by atoms with E-state index in [0.717, 1.165) is 25.9 Å². The summed E-state index contributed by atoms with van der Waals surface area (Å²) in [6.07, 6.45) is 0. The smallest absolute Gasteiger partial charge is 0.260 e. The van der Waals surface area contributed by atoms with Crippen LogP contribution in [0.4, 0.5) is 0 Å². The Kier molecular flexibility index (Phi) is 5.14. The number of thiophene rings is 2. The number of quaternary nitrogens is 1. The fourth-order valence-electron chi connectivity index (χ4n) is 3.27. The van der Waals surface area contributed by atoms with Crippen molar-refractivity contribution in [1.82, 2.24) is 9.97 Å². The predicted octanol–water partition coefficient (Wildman–Crippen LogP) is 4.75. The predicted molar refractivity (Wildman–Crippen MR) is 114 cm³/mol. The van der Waals surface area contributed by atoms with E-state index in [4.69, 9.17) is 16.6 Å². The Labute approximate surface area is 169 Å². The normalized spacial score (nSPS) is 13.7. The van der Waals surface area contributed by atoms with E-state index < -0.39 is 0 Å². The molecule has 0 saturated heterocycles. The first kappa shape index (κ1) is 18.4. The van der Waals surface area contributed by atoms with Gasteiger partial charge in [0.15, 0.2) is 5.82 Å². The van der Waals surface area contributed by atoms with Crippen LogP contribution in [0, 0.1) is 0 Å². The number of nitrogens with one attached hydrogen (secondary N) is 1. The highest BCUT2D eigenvalue weighted by Crippen LogP contribution is 2.33. The van der Waals surface area contributed by atoms with Crippen LogP contribution in [0.25, 0.3) is 20.7 Å². The maximum absolute atomic E-state index is 12.8. The van der Waals surface area contributed by atoms with Gasteiger partial charge in [-0.15, -0.1) is 22.7 Å². The number of rotatable bonds is 5. The molecular weight excluding hydrogens is 398 g/mol. The van der Waals surface area contributed by atoms with Gasteiger partial charge in [-0.05, 0) is 31.4 Å². The van der Waals surface area contributed by atoms with Gasteiger partial charge in [-0.3, -0.25) is 4.79 Å². The molecule has 7 heteroatoms. The van der Waals surface area contributed by atoms with Gasteiger partial charge >= 0.3 is 0 Å². The number of aromatic amines is 1. The molecule has 0 aliphatic heterocycles. The molecule has 0 radical (unpaired) electrons. The van der Waals surface area contributed by atoms with Crippen molar-refractivity contribution in [2.24, 2.45) is 0 Å². The van der Waals surface area contributed by atoms with Gasteiger partial charge < -0.3 is 10.3 Å². The van der Waals surface area contributed by atoms with Gasteiger partial charge in [-0.2, -0.15) is 0 Å². The number of nitrogens with two attached hydrogens (primary N) is 1. The van der Waals surface area contributed by atoms with Crippen LogP contribution in [-0.2, 0) is 0 Å². The second-order valence-corrected chi connectivity index (χ2v) is 8.76. The molecule has 1 aromatic carbocycles. The maximum Gasteiger partial charge on any atom is 0.260 e. The first-order valence-corrected chi connectivity index (χ1v) is 10.8. The Balaban J connectivity index is 1.64. The summed E-state index contributed by atoms with van der Waals surface area (Å²) in [5.74, 6) is 0.686. The number of aromatic nitrogens is 2. The summed E-state index contributed by atoms with van der Waals surface area (Å²) in [5, 5.41) is 7.63. The van der Waals surface area contributed by atoms with E-state index in [2.05, 4.69) is 17.2 Å². The monoisotopic (exact) mass is 416 g/mol. The molecule has 0 bridgehead atoms. The van der Waals surface area contributed by atoms with Crippen molar-refractivity contribution < 1.29 is 5.32 Å². The second kappa shape index (κ2) is 7.56. The molecule has 0 fully saturated rings. The third-order valence-electron chi connectivity index (χ3n) is 4.65. The van der Waals surface area contributed by atoms with Crippen LogP contribution in [0.2, 0.25) is 5.02 Å². The molecule has 3 aromatic heterocycles. The first-order chi connectivity index (χ1) is 13.0. The number of hydrogen-bond donors (Lipinski definition) is 2. The van der Waals surface area contributed by atoms with E-state index in [1.54, 1.807) is 11.3 Å². The van der Waals surface area contributed by atoms with Crippen LogP contribution < -0.4 is 10.9 Å². The van der Waals surface area contributed by atoms with Crippen LogP contribution in [0.1, 0.15) is 37.3 Å². The average molecular weight is 417 g/mol. The number of halogens is 1. The van der Waals surface area contributed by atoms with Crippen LogP contribution >= 0.6 is 34.3 Å². The molecule has 0 aliphatic rings. The molecular formula is C20H19ClN3OS2+. The van der Waals surface area contributed by atoms with Crippen LogP contribution in [0.5, 0.6) is 0 Å². The third kappa shape index (κ3) is 3.58. The van der Waals surface area contributed by atoms with Gasteiger partial charge in [0.2, 0.25) is 0 Å². The standard InChI is InChI=1S/C20H18ClN3OS2/c1-11(13-6-3-4-7-15(13)21)22-12(2)18-23-19(25)17-14(10-27-20(17)24-18)16-8-5-9-26-16/h3-12,22H,1-2H3,(H,23,24,25)/p+1/t11-,12+/m0/s1. The van der Waals surface area contributed by atoms with E-state index in [9.17, 15) is 4.79 Å². The number of benzene rings is 1. The molecule has 3 heterocycles. The molecule has 0 aliphatic carbocycles. The Hall–Kier alpha value is -1.99. The van der Waals surface area contributed by atoms with Crippen LogP contribution in [-0.4, -0.2) is 9.97 Å². The number of nitrogens with zero attached hydrogens (tertiary/aromatic N) is 1. The Morgan fingerprint density at radius 2 is 1.93 bits per heavy atom. The van der Waals surface area contributed by atoms with Crippen molar-refractivity contribution in [3.8, 4) is 10.4 Å². The molecule has 0 amide bonds. The van der Waals surface area contributed by atoms with Crippen LogP contribution in [0.15, 0.2) is 52.0 Å². The lowest BCUT2D eigenvalue weighted by molar-refractivity contribution is -0.729. The van der Waals surface area contributed by atoms with Crippen molar-refractivity contribution in [3.05, 3.63) is 73.9 Å². The molecule has 138 valence electrons. The van der Waals surface area contributed by atoms with Gasteiger partial charge in [0.1, 0.15) is 16.9 Å². The lowest BCUT2D eigenvalue weighted by atomic mass is 10.1. The van der Waals surface area contributed by atoms with Gasteiger partial charge in [-0.25, -0.2) is 4.98 Å². The summed E-state index contributed by atoms with van der Waals surface area (Å²) in [4.78, 5) is 22.4. The minimum atomic E-state index is -0.0784. The van der Waals surface area contributed by atoms with Gasteiger partial charge in [0.25, 0.3) is 5.56 Å². The molecule has 4 rings (SSSR count). The molecule has 4 aromatic rings. The third-order valence-corrected chi connectivity index (χ3v) is 6.77. The molecule has 0 unspecified atom stereocenters. The molecule has 27 heavy (non-hydrogen) atoms. The van der Waals surface area contributed by atoms with Crippen LogP contribution in [0.3, 0.4) is 0 Å². The van der Waals surface area contributed by atoms with Crippen molar-refractivity contribution in [2.45, 2.75) is 25.9 Å². The Bertz CT molecular complexity index is 1130. The highest BCUT2D eigenvalue weighted by molar-refractivity contribution is 7.18. The Morgan fingerprint density at radius 1 is 1.11 bits per heavy atom. The quantitative estimate of drug-likeness (QED) is 0.493. The molecule has 0 saturated carbocycles. The molecule has 4 nitrogen and oxygen atoms in total. The van der Waals surface area contributed by atoms with Crippen molar-refractivity contribution in [3.63, 3.8) is 0 Å².